The van der Waals surface area contributed by atoms with E-state index in [1.807, 2.05) is 12.1 Å². The molecule has 2 N–H and O–H groups in total. The third kappa shape index (κ3) is 3.00. The Labute approximate surface area is 101 Å². The molecule has 1 aromatic rings. The monoisotopic (exact) mass is 247 g/mol. The fourth-order valence-electron chi connectivity index (χ4n) is 1.99. The highest BCUT2D eigenvalue weighted by molar-refractivity contribution is 6.30. The van der Waals surface area contributed by atoms with E-state index in [4.69, 9.17) is 11.6 Å². The van der Waals surface area contributed by atoms with Gasteiger partial charge in [-0.3, -0.25) is 0 Å². The summed E-state index contributed by atoms with van der Waals surface area (Å²) in [5.41, 5.74) is 1.04. The Morgan fingerprint density at radius 1 is 1.27 bits per heavy atom. The van der Waals surface area contributed by atoms with Gasteiger partial charge < -0.3 is 10.4 Å². The van der Waals surface area contributed by atoms with Crippen molar-refractivity contribution in [2.45, 2.75) is 18.8 Å². The Kier molecular flexibility index (Phi) is 4.71. The third-order valence-corrected chi connectivity index (χ3v) is 3.01. The van der Waals surface area contributed by atoms with E-state index in [-0.39, 0.29) is 12.4 Å². The van der Waals surface area contributed by atoms with Crippen LogP contribution < -0.4 is 5.32 Å². The van der Waals surface area contributed by atoms with E-state index in [0.717, 1.165) is 31.5 Å². The van der Waals surface area contributed by atoms with Crippen LogP contribution in [0.5, 0.6) is 5.75 Å². The Morgan fingerprint density at radius 3 is 2.53 bits per heavy atom. The molecular formula is C11H15Cl2NO. The molecule has 1 aliphatic heterocycles. The Bertz CT molecular complexity index is 324. The summed E-state index contributed by atoms with van der Waals surface area (Å²) in [5.74, 6) is 0.818. The zero-order valence-corrected chi connectivity index (χ0v) is 9.94. The van der Waals surface area contributed by atoms with Crippen molar-refractivity contribution in [2.24, 2.45) is 0 Å². The molecule has 1 heterocycles. The smallest absolute Gasteiger partial charge is 0.120 e. The standard InChI is InChI=1S/C11H14ClNO.ClH/c12-9-1-2-10(11(14)7-9)8-3-5-13-6-4-8;/h1-2,7-8,13-14H,3-6H2;1H. The number of hydrogen-bond acceptors (Lipinski definition) is 2. The van der Waals surface area contributed by atoms with Crippen molar-refractivity contribution in [1.29, 1.82) is 0 Å². The first-order valence-electron chi connectivity index (χ1n) is 4.96. The van der Waals surface area contributed by atoms with Gasteiger partial charge in [-0.2, -0.15) is 0 Å². The number of phenolic OH excluding ortho intramolecular Hbond substituents is 1. The second-order valence-electron chi connectivity index (χ2n) is 3.73. The Morgan fingerprint density at radius 2 is 1.93 bits per heavy atom. The number of phenols is 1. The summed E-state index contributed by atoms with van der Waals surface area (Å²) in [5, 5.41) is 13.6. The molecular weight excluding hydrogens is 233 g/mol. The van der Waals surface area contributed by atoms with Crippen LogP contribution in [-0.4, -0.2) is 18.2 Å². The zero-order valence-electron chi connectivity index (χ0n) is 8.37. The fraction of sp³-hybridized carbons (Fsp3) is 0.455. The summed E-state index contributed by atoms with van der Waals surface area (Å²) in [6, 6.07) is 5.41. The molecule has 0 aromatic heterocycles. The third-order valence-electron chi connectivity index (χ3n) is 2.77. The number of aromatic hydroxyl groups is 1. The minimum Gasteiger partial charge on any atom is -0.508 e. The van der Waals surface area contributed by atoms with Crippen molar-refractivity contribution < 1.29 is 5.11 Å². The van der Waals surface area contributed by atoms with Gasteiger partial charge in [0.05, 0.1) is 0 Å². The highest BCUT2D eigenvalue weighted by atomic mass is 35.5. The van der Waals surface area contributed by atoms with E-state index in [0.29, 0.717) is 16.7 Å². The van der Waals surface area contributed by atoms with Crippen LogP contribution >= 0.6 is 24.0 Å². The molecule has 15 heavy (non-hydrogen) atoms. The Balaban J connectivity index is 0.00000112. The summed E-state index contributed by atoms with van der Waals surface area (Å²) >= 11 is 5.78. The topological polar surface area (TPSA) is 32.3 Å². The van der Waals surface area contributed by atoms with E-state index in [9.17, 15) is 5.11 Å². The fourth-order valence-corrected chi connectivity index (χ4v) is 2.16. The van der Waals surface area contributed by atoms with Crippen LogP contribution in [-0.2, 0) is 0 Å². The number of halogens is 2. The summed E-state index contributed by atoms with van der Waals surface area (Å²) in [4.78, 5) is 0. The maximum absolute atomic E-state index is 9.74. The van der Waals surface area contributed by atoms with Crippen LogP contribution in [0.1, 0.15) is 24.3 Å². The molecule has 84 valence electrons. The minimum absolute atomic E-state index is 0. The van der Waals surface area contributed by atoms with Gasteiger partial charge in [0, 0.05) is 5.02 Å². The summed E-state index contributed by atoms with van der Waals surface area (Å²) in [6.45, 7) is 2.07. The van der Waals surface area contributed by atoms with Gasteiger partial charge in [0.2, 0.25) is 0 Å². The van der Waals surface area contributed by atoms with Gasteiger partial charge in [0.1, 0.15) is 5.75 Å². The lowest BCUT2D eigenvalue weighted by Crippen LogP contribution is -2.26. The van der Waals surface area contributed by atoms with Gasteiger partial charge in [-0.1, -0.05) is 17.7 Å². The molecule has 1 aliphatic rings. The molecule has 0 unspecified atom stereocenters. The number of rotatable bonds is 1. The Hall–Kier alpha value is -0.440. The van der Waals surface area contributed by atoms with Crippen LogP contribution in [0.4, 0.5) is 0 Å². The maximum Gasteiger partial charge on any atom is 0.120 e. The summed E-state index contributed by atoms with van der Waals surface area (Å²) < 4.78 is 0. The van der Waals surface area contributed by atoms with Crippen LogP contribution in [0.15, 0.2) is 18.2 Å². The first-order chi connectivity index (χ1) is 6.77. The molecule has 0 bridgehead atoms. The van der Waals surface area contributed by atoms with Crippen molar-refractivity contribution in [1.82, 2.24) is 5.32 Å². The molecule has 1 saturated heterocycles. The second-order valence-corrected chi connectivity index (χ2v) is 4.16. The first kappa shape index (κ1) is 12.6. The lowest BCUT2D eigenvalue weighted by atomic mass is 9.90. The van der Waals surface area contributed by atoms with Crippen molar-refractivity contribution in [2.75, 3.05) is 13.1 Å². The molecule has 0 amide bonds. The molecule has 0 atom stereocenters. The van der Waals surface area contributed by atoms with Crippen LogP contribution in [0.25, 0.3) is 0 Å². The van der Waals surface area contributed by atoms with Crippen molar-refractivity contribution in [3.63, 3.8) is 0 Å². The molecule has 0 saturated carbocycles. The van der Waals surface area contributed by atoms with Gasteiger partial charge in [0.15, 0.2) is 0 Å². The molecule has 0 radical (unpaired) electrons. The molecule has 0 aliphatic carbocycles. The van der Waals surface area contributed by atoms with Gasteiger partial charge in [-0.15, -0.1) is 12.4 Å². The predicted molar refractivity (Wildman–Crippen MR) is 65.2 cm³/mol. The van der Waals surface area contributed by atoms with Gasteiger partial charge in [-0.25, -0.2) is 0 Å². The molecule has 4 heteroatoms. The SMILES string of the molecule is Cl.Oc1cc(Cl)ccc1C1CCNCC1. The van der Waals surface area contributed by atoms with Crippen LogP contribution in [0, 0.1) is 0 Å². The first-order valence-corrected chi connectivity index (χ1v) is 5.34. The summed E-state index contributed by atoms with van der Waals surface area (Å²) in [7, 11) is 0. The second kappa shape index (κ2) is 5.59. The molecule has 2 nitrogen and oxygen atoms in total. The summed E-state index contributed by atoms with van der Waals surface area (Å²) in [6.07, 6.45) is 2.18. The van der Waals surface area contributed by atoms with Crippen LogP contribution in [0.3, 0.4) is 0 Å². The van der Waals surface area contributed by atoms with Gasteiger partial charge >= 0.3 is 0 Å². The quantitative estimate of drug-likeness (QED) is 0.800. The highest BCUT2D eigenvalue weighted by Crippen LogP contribution is 2.33. The number of hydrogen-bond donors (Lipinski definition) is 2. The molecule has 1 aromatic carbocycles. The predicted octanol–water partition coefficient (Wildman–Crippen LogP) is 2.93. The normalized spacial score (nSPS) is 17.1. The van der Waals surface area contributed by atoms with E-state index >= 15 is 0 Å². The minimum atomic E-state index is 0. The number of benzene rings is 1. The van der Waals surface area contributed by atoms with Crippen LogP contribution in [0.2, 0.25) is 5.02 Å². The van der Waals surface area contributed by atoms with Crippen molar-refractivity contribution in [3.05, 3.63) is 28.8 Å². The molecule has 1 fully saturated rings. The van der Waals surface area contributed by atoms with E-state index in [1.165, 1.54) is 0 Å². The zero-order chi connectivity index (χ0) is 9.97. The maximum atomic E-state index is 9.74. The molecule has 2 rings (SSSR count). The average Bonchev–Trinajstić information content (AvgIpc) is 2.19. The van der Waals surface area contributed by atoms with Crippen molar-refractivity contribution in [3.8, 4) is 5.75 Å². The van der Waals surface area contributed by atoms with E-state index in [1.54, 1.807) is 6.07 Å². The van der Waals surface area contributed by atoms with E-state index in [2.05, 4.69) is 5.32 Å². The highest BCUT2D eigenvalue weighted by Gasteiger charge is 2.17. The van der Waals surface area contributed by atoms with Gasteiger partial charge in [-0.05, 0) is 49.5 Å². The lowest BCUT2D eigenvalue weighted by Gasteiger charge is -2.23. The van der Waals surface area contributed by atoms with Gasteiger partial charge in [0.25, 0.3) is 0 Å². The molecule has 0 spiro atoms. The van der Waals surface area contributed by atoms with E-state index < -0.39 is 0 Å². The largest absolute Gasteiger partial charge is 0.508 e. The lowest BCUT2D eigenvalue weighted by molar-refractivity contribution is 0.424. The number of piperidine rings is 1. The number of nitrogens with one attached hydrogen (secondary N) is 1. The average molecular weight is 248 g/mol. The van der Waals surface area contributed by atoms with Crippen molar-refractivity contribution >= 4 is 24.0 Å².